The molecule has 3 rings (SSSR count). The molecule has 2 aromatic carbocycles. The highest BCUT2D eigenvalue weighted by Gasteiger charge is 2.31. The number of benzene rings is 2. The monoisotopic (exact) mass is 383 g/mol. The van der Waals surface area contributed by atoms with Gasteiger partial charge in [0.2, 0.25) is 5.91 Å². The van der Waals surface area contributed by atoms with Gasteiger partial charge in [0, 0.05) is 30.8 Å². The fraction of sp³-hybridized carbons (Fsp3) is 0.333. The molecule has 7 nitrogen and oxygen atoms in total. The first kappa shape index (κ1) is 19.5. The second kappa shape index (κ2) is 9.12. The number of nitrogens with zero attached hydrogens (tertiary/aromatic N) is 1. The fourth-order valence-corrected chi connectivity index (χ4v) is 3.20. The number of rotatable bonds is 7. The molecule has 1 aliphatic rings. The van der Waals surface area contributed by atoms with E-state index in [0.717, 1.165) is 22.7 Å². The Morgan fingerprint density at radius 2 is 1.93 bits per heavy atom. The van der Waals surface area contributed by atoms with Crippen molar-refractivity contribution >= 4 is 17.6 Å². The molecule has 0 aliphatic carbocycles. The van der Waals surface area contributed by atoms with Crippen LogP contribution in [0.15, 0.2) is 48.5 Å². The molecule has 0 bridgehead atoms. The molecule has 2 N–H and O–H groups in total. The van der Waals surface area contributed by atoms with Gasteiger partial charge in [-0.05, 0) is 37.3 Å². The van der Waals surface area contributed by atoms with Crippen LogP contribution in [0.5, 0.6) is 11.5 Å². The van der Waals surface area contributed by atoms with Crippen LogP contribution in [-0.2, 0) is 11.3 Å². The molecule has 1 fully saturated rings. The van der Waals surface area contributed by atoms with E-state index >= 15 is 0 Å². The van der Waals surface area contributed by atoms with E-state index in [1.807, 2.05) is 55.5 Å². The Labute approximate surface area is 164 Å². The smallest absolute Gasteiger partial charge is 0.315 e. The molecule has 1 aliphatic heterocycles. The third-order valence-corrected chi connectivity index (χ3v) is 4.55. The van der Waals surface area contributed by atoms with E-state index in [0.29, 0.717) is 19.7 Å². The second-order valence-electron chi connectivity index (χ2n) is 6.47. The van der Waals surface area contributed by atoms with E-state index in [9.17, 15) is 9.59 Å². The van der Waals surface area contributed by atoms with Gasteiger partial charge >= 0.3 is 6.03 Å². The molecule has 0 radical (unpaired) electrons. The van der Waals surface area contributed by atoms with Gasteiger partial charge in [0.05, 0.1) is 19.8 Å². The number of carbonyl (C=O) groups excluding carboxylic acids is 2. The zero-order valence-electron chi connectivity index (χ0n) is 16.1. The summed E-state index contributed by atoms with van der Waals surface area (Å²) in [6.45, 7) is 3.30. The van der Waals surface area contributed by atoms with Crippen LogP contribution in [0.3, 0.4) is 0 Å². The number of methoxy groups -OCH3 is 1. The molecular weight excluding hydrogens is 358 g/mol. The van der Waals surface area contributed by atoms with E-state index in [2.05, 4.69) is 10.6 Å². The van der Waals surface area contributed by atoms with Gasteiger partial charge in [-0.25, -0.2) is 4.79 Å². The summed E-state index contributed by atoms with van der Waals surface area (Å²) in [4.78, 5) is 26.3. The molecule has 0 spiro atoms. The maximum atomic E-state index is 12.3. The van der Waals surface area contributed by atoms with Crippen LogP contribution < -0.4 is 25.0 Å². The number of nitrogens with one attached hydrogen (secondary N) is 2. The van der Waals surface area contributed by atoms with Gasteiger partial charge in [-0.3, -0.25) is 4.79 Å². The predicted octanol–water partition coefficient (Wildman–Crippen LogP) is 2.70. The Morgan fingerprint density at radius 3 is 2.64 bits per heavy atom. The SMILES string of the molecule is CCOc1ccc(N2CC(NC(=O)NCc3ccccc3OC)CC2=O)cc1. The molecule has 1 unspecified atom stereocenters. The highest BCUT2D eigenvalue weighted by atomic mass is 16.5. The van der Waals surface area contributed by atoms with Crippen molar-refractivity contribution in [1.82, 2.24) is 10.6 Å². The third-order valence-electron chi connectivity index (χ3n) is 4.55. The number of amides is 3. The minimum Gasteiger partial charge on any atom is -0.496 e. The summed E-state index contributed by atoms with van der Waals surface area (Å²) in [6, 6.07) is 14.4. The molecule has 2 aromatic rings. The quantitative estimate of drug-likeness (QED) is 0.770. The van der Waals surface area contributed by atoms with Crippen LogP contribution in [0.25, 0.3) is 0 Å². The first-order valence-electron chi connectivity index (χ1n) is 9.30. The average Bonchev–Trinajstić information content (AvgIpc) is 3.07. The zero-order valence-corrected chi connectivity index (χ0v) is 16.1. The Balaban J connectivity index is 1.52. The molecule has 7 heteroatoms. The molecule has 148 valence electrons. The topological polar surface area (TPSA) is 79.9 Å². The normalized spacial score (nSPS) is 16.0. The summed E-state index contributed by atoms with van der Waals surface area (Å²) >= 11 is 0. The summed E-state index contributed by atoms with van der Waals surface area (Å²) in [5, 5.41) is 5.69. The van der Waals surface area contributed by atoms with Gasteiger partial charge in [0.1, 0.15) is 11.5 Å². The molecule has 3 amide bonds. The van der Waals surface area contributed by atoms with Crippen LogP contribution in [0.1, 0.15) is 18.9 Å². The van der Waals surface area contributed by atoms with Gasteiger partial charge in [-0.2, -0.15) is 0 Å². The first-order valence-corrected chi connectivity index (χ1v) is 9.30. The van der Waals surface area contributed by atoms with Crippen LogP contribution in [0, 0.1) is 0 Å². The van der Waals surface area contributed by atoms with Gasteiger partial charge in [-0.15, -0.1) is 0 Å². The van der Waals surface area contributed by atoms with Crippen molar-refractivity contribution in [2.75, 3.05) is 25.2 Å². The van der Waals surface area contributed by atoms with Crippen molar-refractivity contribution in [2.24, 2.45) is 0 Å². The zero-order chi connectivity index (χ0) is 19.9. The molecule has 0 saturated carbocycles. The van der Waals surface area contributed by atoms with Crippen LogP contribution in [0.2, 0.25) is 0 Å². The molecule has 1 heterocycles. The van der Waals surface area contributed by atoms with Gasteiger partial charge < -0.3 is 25.0 Å². The summed E-state index contributed by atoms with van der Waals surface area (Å²) in [6.07, 6.45) is 0.273. The number of urea groups is 1. The highest BCUT2D eigenvalue weighted by Crippen LogP contribution is 2.24. The van der Waals surface area contributed by atoms with E-state index < -0.39 is 0 Å². The molecule has 0 aromatic heterocycles. The van der Waals surface area contributed by atoms with Crippen molar-refractivity contribution in [3.05, 3.63) is 54.1 Å². The fourth-order valence-electron chi connectivity index (χ4n) is 3.20. The highest BCUT2D eigenvalue weighted by molar-refractivity contribution is 5.96. The Morgan fingerprint density at radius 1 is 1.18 bits per heavy atom. The average molecular weight is 383 g/mol. The molecule has 1 atom stereocenters. The van der Waals surface area contributed by atoms with Crippen molar-refractivity contribution in [3.8, 4) is 11.5 Å². The van der Waals surface area contributed by atoms with Gasteiger partial charge in [0.15, 0.2) is 0 Å². The number of carbonyl (C=O) groups is 2. The minimum absolute atomic E-state index is 0.0146. The molecule has 1 saturated heterocycles. The lowest BCUT2D eigenvalue weighted by Crippen LogP contribution is -2.43. The van der Waals surface area contributed by atoms with E-state index in [4.69, 9.17) is 9.47 Å². The van der Waals surface area contributed by atoms with Gasteiger partial charge in [0.25, 0.3) is 0 Å². The number of anilines is 1. The Kier molecular flexibility index (Phi) is 6.37. The van der Waals surface area contributed by atoms with Crippen molar-refractivity contribution < 1.29 is 19.1 Å². The first-order chi connectivity index (χ1) is 13.6. The Bertz CT molecular complexity index is 823. The largest absolute Gasteiger partial charge is 0.496 e. The third kappa shape index (κ3) is 4.73. The number of hydrogen-bond donors (Lipinski definition) is 2. The second-order valence-corrected chi connectivity index (χ2v) is 6.47. The lowest BCUT2D eigenvalue weighted by Gasteiger charge is -2.18. The van der Waals surface area contributed by atoms with Crippen LogP contribution in [0.4, 0.5) is 10.5 Å². The number of ether oxygens (including phenoxy) is 2. The van der Waals surface area contributed by atoms with Crippen molar-refractivity contribution in [3.63, 3.8) is 0 Å². The minimum atomic E-state index is -0.308. The van der Waals surface area contributed by atoms with Gasteiger partial charge in [-0.1, -0.05) is 18.2 Å². The standard InChI is InChI=1S/C21H25N3O4/c1-3-28-18-10-8-17(9-11-18)24-14-16(12-20(24)25)23-21(26)22-13-15-6-4-5-7-19(15)27-2/h4-11,16H,3,12-14H2,1-2H3,(H2,22,23,26). The predicted molar refractivity (Wildman–Crippen MR) is 107 cm³/mol. The number of hydrogen-bond acceptors (Lipinski definition) is 4. The number of para-hydroxylation sites is 1. The molecule has 28 heavy (non-hydrogen) atoms. The lowest BCUT2D eigenvalue weighted by atomic mass is 10.2. The summed E-state index contributed by atoms with van der Waals surface area (Å²) in [5.41, 5.74) is 1.69. The maximum absolute atomic E-state index is 12.3. The molecular formula is C21H25N3O4. The van der Waals surface area contributed by atoms with Crippen LogP contribution >= 0.6 is 0 Å². The summed E-state index contributed by atoms with van der Waals surface area (Å²) in [7, 11) is 1.60. The van der Waals surface area contributed by atoms with Crippen molar-refractivity contribution in [2.45, 2.75) is 25.9 Å². The lowest BCUT2D eigenvalue weighted by molar-refractivity contribution is -0.117. The Hall–Kier alpha value is -3.22. The van der Waals surface area contributed by atoms with Crippen molar-refractivity contribution in [1.29, 1.82) is 0 Å². The summed E-state index contributed by atoms with van der Waals surface area (Å²) in [5.74, 6) is 1.47. The van der Waals surface area contributed by atoms with Crippen LogP contribution in [-0.4, -0.2) is 38.2 Å². The van der Waals surface area contributed by atoms with E-state index in [-0.39, 0.29) is 24.4 Å². The summed E-state index contributed by atoms with van der Waals surface area (Å²) < 4.78 is 10.7. The van der Waals surface area contributed by atoms with E-state index in [1.54, 1.807) is 12.0 Å². The maximum Gasteiger partial charge on any atom is 0.315 e. The van der Waals surface area contributed by atoms with E-state index in [1.165, 1.54) is 0 Å².